The van der Waals surface area contributed by atoms with Crippen molar-refractivity contribution in [1.82, 2.24) is 5.32 Å². The molecule has 21 heavy (non-hydrogen) atoms. The minimum Gasteiger partial charge on any atom is -0.380 e. The molecule has 0 spiro atoms. The summed E-state index contributed by atoms with van der Waals surface area (Å²) < 4.78 is 5.01. The van der Waals surface area contributed by atoms with E-state index >= 15 is 0 Å². The first-order valence-electron chi connectivity index (χ1n) is 6.30. The van der Waals surface area contributed by atoms with Gasteiger partial charge in [0.05, 0.1) is 17.4 Å². The lowest BCUT2D eigenvalue weighted by molar-refractivity contribution is -0.385. The third-order valence-electron chi connectivity index (χ3n) is 2.91. The molecule has 0 radical (unpaired) electrons. The minimum absolute atomic E-state index is 0. The van der Waals surface area contributed by atoms with Gasteiger partial charge in [-0.3, -0.25) is 14.9 Å². The van der Waals surface area contributed by atoms with Gasteiger partial charge in [-0.15, -0.1) is 12.4 Å². The molecule has 7 nitrogen and oxygen atoms in total. The maximum Gasteiger partial charge on any atom is 0.272 e. The number of hydrogen-bond donors (Lipinski definition) is 2. The molecule has 0 aliphatic carbocycles. The summed E-state index contributed by atoms with van der Waals surface area (Å²) in [7, 11) is 1.50. The van der Waals surface area contributed by atoms with Crippen LogP contribution in [0.3, 0.4) is 0 Å². The van der Waals surface area contributed by atoms with Gasteiger partial charge in [0.1, 0.15) is 0 Å². The molecule has 1 amide bonds. The Morgan fingerprint density at radius 1 is 1.48 bits per heavy atom. The van der Waals surface area contributed by atoms with E-state index in [9.17, 15) is 14.9 Å². The highest BCUT2D eigenvalue weighted by atomic mass is 35.5. The highest BCUT2D eigenvalue weighted by Gasteiger charge is 2.13. The van der Waals surface area contributed by atoms with Gasteiger partial charge in [-0.1, -0.05) is 18.2 Å². The van der Waals surface area contributed by atoms with Crippen LogP contribution < -0.4 is 11.1 Å². The van der Waals surface area contributed by atoms with Gasteiger partial charge in [0.2, 0.25) is 5.91 Å². The Balaban J connectivity index is 0.00000400. The lowest BCUT2D eigenvalue weighted by atomic mass is 10.1. The fourth-order valence-corrected chi connectivity index (χ4v) is 1.78. The molecule has 118 valence electrons. The Bertz CT molecular complexity index is 466. The topological polar surface area (TPSA) is 107 Å². The number of carbonyl (C=O) groups is 1. The summed E-state index contributed by atoms with van der Waals surface area (Å²) in [5.74, 6) is -0.180. The summed E-state index contributed by atoms with van der Waals surface area (Å²) in [6.45, 7) is 0.610. The standard InChI is InChI=1S/C13H19N3O4.ClH/c1-20-11(9-14)8-13(17)15-7-6-10-4-2-3-5-12(10)16(18)19;/h2-5,11H,6-9,14H2,1H3,(H,15,17);1H. The predicted molar refractivity (Wildman–Crippen MR) is 81.5 cm³/mol. The molecule has 1 aromatic carbocycles. The molecule has 0 fully saturated rings. The van der Waals surface area contributed by atoms with Crippen molar-refractivity contribution in [3.63, 3.8) is 0 Å². The molecule has 0 bridgehead atoms. The van der Waals surface area contributed by atoms with Crippen molar-refractivity contribution < 1.29 is 14.5 Å². The van der Waals surface area contributed by atoms with Crippen LogP contribution in [0, 0.1) is 10.1 Å². The van der Waals surface area contributed by atoms with Crippen LogP contribution >= 0.6 is 12.4 Å². The number of hydrogen-bond acceptors (Lipinski definition) is 5. The molecule has 1 rings (SSSR count). The van der Waals surface area contributed by atoms with Crippen LogP contribution in [0.15, 0.2) is 24.3 Å². The predicted octanol–water partition coefficient (Wildman–Crippen LogP) is 1.04. The van der Waals surface area contributed by atoms with Crippen molar-refractivity contribution in [2.45, 2.75) is 18.9 Å². The number of nitro benzene ring substituents is 1. The molecule has 1 atom stereocenters. The molecule has 0 saturated carbocycles. The van der Waals surface area contributed by atoms with Crippen molar-refractivity contribution in [2.75, 3.05) is 20.2 Å². The van der Waals surface area contributed by atoms with E-state index in [1.165, 1.54) is 13.2 Å². The molecule has 0 aliphatic rings. The monoisotopic (exact) mass is 317 g/mol. The smallest absolute Gasteiger partial charge is 0.272 e. The van der Waals surface area contributed by atoms with E-state index in [2.05, 4.69) is 5.32 Å². The number of halogens is 1. The van der Waals surface area contributed by atoms with E-state index in [0.29, 0.717) is 18.5 Å². The molecular weight excluding hydrogens is 298 g/mol. The number of nitrogens with two attached hydrogens (primary N) is 1. The second kappa shape index (κ2) is 10.1. The van der Waals surface area contributed by atoms with Crippen molar-refractivity contribution in [3.8, 4) is 0 Å². The third-order valence-corrected chi connectivity index (χ3v) is 2.91. The summed E-state index contributed by atoms with van der Waals surface area (Å²) in [5, 5.41) is 13.5. The van der Waals surface area contributed by atoms with Gasteiger partial charge in [0.25, 0.3) is 5.69 Å². The van der Waals surface area contributed by atoms with Crippen molar-refractivity contribution in [3.05, 3.63) is 39.9 Å². The van der Waals surface area contributed by atoms with Gasteiger partial charge in [-0.05, 0) is 6.42 Å². The highest BCUT2D eigenvalue weighted by Crippen LogP contribution is 2.17. The van der Waals surface area contributed by atoms with E-state index in [0.717, 1.165) is 0 Å². The Kier molecular flexibility index (Phi) is 9.27. The van der Waals surface area contributed by atoms with E-state index in [1.807, 2.05) is 0 Å². The van der Waals surface area contributed by atoms with Crippen LogP contribution in [0.5, 0.6) is 0 Å². The molecule has 0 aromatic heterocycles. The van der Waals surface area contributed by atoms with Crippen molar-refractivity contribution >= 4 is 24.0 Å². The molecule has 0 aliphatic heterocycles. The van der Waals surface area contributed by atoms with Crippen molar-refractivity contribution in [1.29, 1.82) is 0 Å². The quantitative estimate of drug-likeness (QED) is 0.550. The van der Waals surface area contributed by atoms with Crippen LogP contribution in [0.1, 0.15) is 12.0 Å². The number of para-hydroxylation sites is 1. The van der Waals surface area contributed by atoms with Gasteiger partial charge < -0.3 is 15.8 Å². The number of ether oxygens (including phenoxy) is 1. The van der Waals surface area contributed by atoms with Crippen LogP contribution in [-0.2, 0) is 16.0 Å². The SMILES string of the molecule is COC(CN)CC(=O)NCCc1ccccc1[N+](=O)[O-].Cl. The summed E-state index contributed by atoms with van der Waals surface area (Å²) >= 11 is 0. The summed E-state index contributed by atoms with van der Waals surface area (Å²) in [4.78, 5) is 22.0. The summed E-state index contributed by atoms with van der Waals surface area (Å²) in [5.41, 5.74) is 6.09. The first kappa shape index (κ1) is 19.3. The number of nitrogens with zero attached hydrogens (tertiary/aromatic N) is 1. The second-order valence-electron chi connectivity index (χ2n) is 4.28. The minimum atomic E-state index is -0.424. The van der Waals surface area contributed by atoms with E-state index < -0.39 is 4.92 Å². The Labute approximate surface area is 129 Å². The number of nitrogens with one attached hydrogen (secondary N) is 1. The van der Waals surface area contributed by atoms with Crippen LogP contribution in [0.4, 0.5) is 5.69 Å². The lowest BCUT2D eigenvalue weighted by Crippen LogP contribution is -2.33. The maximum atomic E-state index is 11.6. The molecule has 0 saturated heterocycles. The number of amides is 1. The number of carbonyl (C=O) groups excluding carboxylic acids is 1. The lowest BCUT2D eigenvalue weighted by Gasteiger charge is -2.12. The van der Waals surface area contributed by atoms with Gasteiger partial charge in [0.15, 0.2) is 0 Å². The van der Waals surface area contributed by atoms with Gasteiger partial charge in [0, 0.05) is 31.8 Å². The molecule has 8 heteroatoms. The number of methoxy groups -OCH3 is 1. The highest BCUT2D eigenvalue weighted by molar-refractivity contribution is 5.85. The average Bonchev–Trinajstić information content (AvgIpc) is 2.45. The fourth-order valence-electron chi connectivity index (χ4n) is 1.78. The zero-order valence-electron chi connectivity index (χ0n) is 11.8. The third kappa shape index (κ3) is 6.52. The molecule has 1 aromatic rings. The Morgan fingerprint density at radius 3 is 2.71 bits per heavy atom. The van der Waals surface area contributed by atoms with E-state index in [1.54, 1.807) is 18.2 Å². The first-order valence-corrected chi connectivity index (χ1v) is 6.30. The van der Waals surface area contributed by atoms with Gasteiger partial charge in [-0.25, -0.2) is 0 Å². The first-order chi connectivity index (χ1) is 9.58. The molecule has 1 unspecified atom stereocenters. The van der Waals surface area contributed by atoms with Crippen LogP contribution in [0.25, 0.3) is 0 Å². The average molecular weight is 318 g/mol. The largest absolute Gasteiger partial charge is 0.380 e. The second-order valence-corrected chi connectivity index (χ2v) is 4.28. The Morgan fingerprint density at radius 2 is 2.14 bits per heavy atom. The maximum absolute atomic E-state index is 11.6. The molecule has 3 N–H and O–H groups in total. The van der Waals surface area contributed by atoms with Gasteiger partial charge >= 0.3 is 0 Å². The summed E-state index contributed by atoms with van der Waals surface area (Å²) in [6.07, 6.45) is 0.286. The number of benzene rings is 1. The van der Waals surface area contributed by atoms with Crippen molar-refractivity contribution in [2.24, 2.45) is 5.73 Å². The normalized spacial score (nSPS) is 11.3. The number of rotatable bonds is 8. The zero-order chi connectivity index (χ0) is 15.0. The van der Waals surface area contributed by atoms with Crippen LogP contribution in [-0.4, -0.2) is 37.1 Å². The fraction of sp³-hybridized carbons (Fsp3) is 0.462. The summed E-state index contributed by atoms with van der Waals surface area (Å²) in [6, 6.07) is 6.48. The van der Waals surface area contributed by atoms with E-state index in [-0.39, 0.29) is 43.1 Å². The molecular formula is C13H20ClN3O4. The number of nitro groups is 1. The zero-order valence-corrected chi connectivity index (χ0v) is 12.6. The Hall–Kier alpha value is -1.70. The van der Waals surface area contributed by atoms with Gasteiger partial charge in [-0.2, -0.15) is 0 Å². The molecule has 0 heterocycles. The van der Waals surface area contributed by atoms with E-state index in [4.69, 9.17) is 10.5 Å². The van der Waals surface area contributed by atoms with Crippen LogP contribution in [0.2, 0.25) is 0 Å².